The van der Waals surface area contributed by atoms with Gasteiger partial charge in [-0.25, -0.2) is 0 Å². The van der Waals surface area contributed by atoms with Crippen LogP contribution in [-0.2, 0) is 11.3 Å². The molecule has 0 spiro atoms. The highest BCUT2D eigenvalue weighted by atomic mass is 32.2. The van der Waals surface area contributed by atoms with Crippen LogP contribution in [0.2, 0.25) is 0 Å². The summed E-state index contributed by atoms with van der Waals surface area (Å²) < 4.78 is 2.17. The molecule has 0 saturated heterocycles. The maximum atomic E-state index is 12.0. The fourth-order valence-electron chi connectivity index (χ4n) is 2.47. The first-order valence-corrected chi connectivity index (χ1v) is 8.98. The summed E-state index contributed by atoms with van der Waals surface area (Å²) in [6.45, 7) is 5.24. The maximum absolute atomic E-state index is 12.0. The van der Waals surface area contributed by atoms with Crippen molar-refractivity contribution in [3.05, 3.63) is 41.7 Å². The zero-order chi connectivity index (χ0) is 16.2. The summed E-state index contributed by atoms with van der Waals surface area (Å²) in [6.07, 6.45) is 2.37. The lowest BCUT2D eigenvalue weighted by atomic mass is 10.2. The number of carbonyl (C=O) groups excluding carboxylic acids is 1. The number of hydrogen-bond donors (Lipinski definition) is 1. The molecule has 1 aliphatic carbocycles. The first-order chi connectivity index (χ1) is 11.2. The molecule has 1 aliphatic rings. The smallest absolute Gasteiger partial charge is 0.233 e. The van der Waals surface area contributed by atoms with Crippen molar-refractivity contribution in [3.63, 3.8) is 0 Å². The highest BCUT2D eigenvalue weighted by Crippen LogP contribution is 2.40. The van der Waals surface area contributed by atoms with E-state index in [9.17, 15) is 4.79 Å². The monoisotopic (exact) mass is 330 g/mol. The van der Waals surface area contributed by atoms with E-state index in [0.717, 1.165) is 17.5 Å². The van der Waals surface area contributed by atoms with Crippen molar-refractivity contribution in [3.8, 4) is 0 Å². The molecule has 6 heteroatoms. The highest BCUT2D eigenvalue weighted by Gasteiger charge is 2.31. The van der Waals surface area contributed by atoms with Gasteiger partial charge in [-0.05, 0) is 32.3 Å². The second-order valence-corrected chi connectivity index (χ2v) is 7.15. The van der Waals surface area contributed by atoms with Crippen molar-refractivity contribution in [2.45, 2.75) is 49.6 Å². The molecule has 1 aromatic carbocycles. The third-order valence-corrected chi connectivity index (χ3v) is 4.95. The van der Waals surface area contributed by atoms with E-state index in [-0.39, 0.29) is 11.2 Å². The van der Waals surface area contributed by atoms with Crippen molar-refractivity contribution < 1.29 is 4.79 Å². The van der Waals surface area contributed by atoms with Crippen LogP contribution < -0.4 is 5.32 Å². The van der Waals surface area contributed by atoms with Crippen molar-refractivity contribution in [2.24, 2.45) is 0 Å². The van der Waals surface area contributed by atoms with Gasteiger partial charge in [0, 0.05) is 12.5 Å². The molecule has 5 nitrogen and oxygen atoms in total. The Bertz CT molecular complexity index is 666. The minimum atomic E-state index is -0.180. The molecule has 1 N–H and O–H groups in total. The lowest BCUT2D eigenvalue weighted by Gasteiger charge is -2.13. The largest absolute Gasteiger partial charge is 0.355 e. The summed E-state index contributed by atoms with van der Waals surface area (Å²) in [5, 5.41) is 12.3. The number of benzene rings is 1. The normalized spacial score (nSPS) is 15.4. The van der Waals surface area contributed by atoms with E-state index >= 15 is 0 Å². The summed E-state index contributed by atoms with van der Waals surface area (Å²) in [7, 11) is 0. The molecule has 1 saturated carbocycles. The highest BCUT2D eigenvalue weighted by molar-refractivity contribution is 8.00. The number of aromatic nitrogens is 3. The molecule has 1 fully saturated rings. The predicted octanol–water partition coefficient (Wildman–Crippen LogP) is 2.82. The fourth-order valence-corrected chi connectivity index (χ4v) is 3.35. The zero-order valence-corrected chi connectivity index (χ0v) is 14.3. The Morgan fingerprint density at radius 1 is 1.35 bits per heavy atom. The Balaban J connectivity index is 1.81. The minimum Gasteiger partial charge on any atom is -0.355 e. The molecule has 0 aliphatic heterocycles. The van der Waals surface area contributed by atoms with Crippen molar-refractivity contribution in [1.29, 1.82) is 0 Å². The summed E-state index contributed by atoms with van der Waals surface area (Å²) in [4.78, 5) is 12.0. The Morgan fingerprint density at radius 2 is 2.09 bits per heavy atom. The molecule has 122 valence electrons. The Hall–Kier alpha value is -1.82. The summed E-state index contributed by atoms with van der Waals surface area (Å²) in [5.41, 5.74) is 1.22. The number of nitrogens with zero attached hydrogens (tertiary/aromatic N) is 3. The average Bonchev–Trinajstić information content (AvgIpc) is 3.33. The van der Waals surface area contributed by atoms with Crippen LogP contribution >= 0.6 is 11.8 Å². The predicted molar refractivity (Wildman–Crippen MR) is 91.5 cm³/mol. The van der Waals surface area contributed by atoms with E-state index < -0.39 is 0 Å². The zero-order valence-electron chi connectivity index (χ0n) is 13.5. The van der Waals surface area contributed by atoms with E-state index in [1.165, 1.54) is 30.2 Å². The van der Waals surface area contributed by atoms with Gasteiger partial charge in [0.05, 0.1) is 11.8 Å². The number of amides is 1. The molecule has 0 unspecified atom stereocenters. The lowest BCUT2D eigenvalue weighted by molar-refractivity contribution is -0.120. The molecule has 1 aromatic heterocycles. The molecule has 1 atom stereocenters. The minimum absolute atomic E-state index is 0.0414. The van der Waals surface area contributed by atoms with Gasteiger partial charge in [0.2, 0.25) is 5.91 Å². The van der Waals surface area contributed by atoms with Crippen LogP contribution in [0.15, 0.2) is 35.5 Å². The van der Waals surface area contributed by atoms with E-state index in [4.69, 9.17) is 0 Å². The van der Waals surface area contributed by atoms with Gasteiger partial charge in [0.15, 0.2) is 5.16 Å². The number of rotatable bonds is 7. The molecular weight excluding hydrogens is 308 g/mol. The number of hydrogen-bond acceptors (Lipinski definition) is 4. The van der Waals surface area contributed by atoms with E-state index in [2.05, 4.69) is 32.2 Å². The third-order valence-electron chi connectivity index (χ3n) is 3.87. The maximum Gasteiger partial charge on any atom is 0.233 e. The standard InChI is InChI=1S/C17H22N4OS/c1-3-18-16(22)12(2)23-17-20-19-15(14-9-10-14)21(17)11-13-7-5-4-6-8-13/h4-8,12,14H,3,9-11H2,1-2H3,(H,18,22)/t12-/m1/s1. The van der Waals surface area contributed by atoms with Crippen LogP contribution in [-0.4, -0.2) is 32.5 Å². The van der Waals surface area contributed by atoms with Gasteiger partial charge in [-0.15, -0.1) is 10.2 Å². The summed E-state index contributed by atoms with van der Waals surface area (Å²) >= 11 is 1.48. The van der Waals surface area contributed by atoms with Crippen LogP contribution in [0.1, 0.15) is 44.0 Å². The summed E-state index contributed by atoms with van der Waals surface area (Å²) in [6, 6.07) is 10.3. The van der Waals surface area contributed by atoms with Crippen LogP contribution in [0.5, 0.6) is 0 Å². The van der Waals surface area contributed by atoms with Crippen molar-refractivity contribution in [1.82, 2.24) is 20.1 Å². The van der Waals surface area contributed by atoms with Crippen LogP contribution in [0.25, 0.3) is 0 Å². The number of carbonyl (C=O) groups is 1. The molecular formula is C17H22N4OS. The van der Waals surface area contributed by atoms with Crippen molar-refractivity contribution >= 4 is 17.7 Å². The number of thioether (sulfide) groups is 1. The van der Waals surface area contributed by atoms with Gasteiger partial charge in [-0.2, -0.15) is 0 Å². The fraction of sp³-hybridized carbons (Fsp3) is 0.471. The van der Waals surface area contributed by atoms with Crippen LogP contribution in [0, 0.1) is 0 Å². The second-order valence-electron chi connectivity index (χ2n) is 5.84. The Kier molecular flexibility index (Phi) is 5.00. The Labute approximate surface area is 140 Å². The molecule has 2 aromatic rings. The molecule has 1 amide bonds. The molecule has 3 rings (SSSR count). The molecule has 0 radical (unpaired) electrons. The van der Waals surface area contributed by atoms with Gasteiger partial charge in [-0.3, -0.25) is 4.79 Å². The SMILES string of the molecule is CCNC(=O)[C@@H](C)Sc1nnc(C2CC2)n1Cc1ccccc1. The molecule has 0 bridgehead atoms. The van der Waals surface area contributed by atoms with Gasteiger partial charge in [-0.1, -0.05) is 42.1 Å². The van der Waals surface area contributed by atoms with Crippen LogP contribution in [0.4, 0.5) is 0 Å². The van der Waals surface area contributed by atoms with Gasteiger partial charge >= 0.3 is 0 Å². The van der Waals surface area contributed by atoms with E-state index in [0.29, 0.717) is 12.5 Å². The van der Waals surface area contributed by atoms with Crippen molar-refractivity contribution in [2.75, 3.05) is 6.54 Å². The first kappa shape index (κ1) is 16.1. The quantitative estimate of drug-likeness (QED) is 0.793. The number of nitrogens with one attached hydrogen (secondary N) is 1. The van der Waals surface area contributed by atoms with Gasteiger partial charge < -0.3 is 9.88 Å². The second kappa shape index (κ2) is 7.17. The van der Waals surface area contributed by atoms with E-state index in [1.54, 1.807) is 0 Å². The third kappa shape index (κ3) is 3.93. The summed E-state index contributed by atoms with van der Waals surface area (Å²) in [5.74, 6) is 1.62. The Morgan fingerprint density at radius 3 is 2.74 bits per heavy atom. The first-order valence-electron chi connectivity index (χ1n) is 8.10. The topological polar surface area (TPSA) is 59.8 Å². The average molecular weight is 330 g/mol. The molecule has 23 heavy (non-hydrogen) atoms. The molecule has 1 heterocycles. The van der Waals surface area contributed by atoms with Gasteiger partial charge in [0.25, 0.3) is 0 Å². The van der Waals surface area contributed by atoms with Crippen LogP contribution in [0.3, 0.4) is 0 Å². The van der Waals surface area contributed by atoms with Gasteiger partial charge in [0.1, 0.15) is 5.82 Å². The van der Waals surface area contributed by atoms with E-state index in [1.807, 2.05) is 32.0 Å². The lowest BCUT2D eigenvalue weighted by Crippen LogP contribution is -2.30.